The number of likely N-dealkylation sites (tertiary alicyclic amines) is 1. The molecule has 2 amide bonds. The van der Waals surface area contributed by atoms with Gasteiger partial charge < -0.3 is 15.0 Å². The van der Waals surface area contributed by atoms with E-state index in [9.17, 15) is 14.4 Å². The number of rotatable bonds is 5. The highest BCUT2D eigenvalue weighted by molar-refractivity contribution is 5.87. The van der Waals surface area contributed by atoms with Gasteiger partial charge in [0.05, 0.1) is 0 Å². The van der Waals surface area contributed by atoms with Crippen LogP contribution in [0.3, 0.4) is 0 Å². The molecule has 5 fully saturated rings. The summed E-state index contributed by atoms with van der Waals surface area (Å²) >= 11 is 0. The first kappa shape index (κ1) is 16.9. The number of carbonyl (C=O) groups is 3. The molecule has 0 atom stereocenters. The van der Waals surface area contributed by atoms with Crippen molar-refractivity contribution in [1.82, 2.24) is 10.2 Å². The summed E-state index contributed by atoms with van der Waals surface area (Å²) in [4.78, 5) is 38.2. The molecule has 0 aromatic heterocycles. The molecule has 6 heteroatoms. The van der Waals surface area contributed by atoms with E-state index >= 15 is 0 Å². The Kier molecular flexibility index (Phi) is 4.46. The number of amides is 2. The predicted molar refractivity (Wildman–Crippen MR) is 90.4 cm³/mol. The molecule has 0 aromatic rings. The second-order valence-corrected chi connectivity index (χ2v) is 8.63. The Bertz CT molecular complexity index is 532. The highest BCUT2D eigenvalue weighted by atomic mass is 16.5. The van der Waals surface area contributed by atoms with Gasteiger partial charge in [-0.1, -0.05) is 0 Å². The van der Waals surface area contributed by atoms with E-state index in [1.54, 1.807) is 4.90 Å². The number of esters is 1. The van der Waals surface area contributed by atoms with E-state index in [0.717, 1.165) is 45.2 Å². The Morgan fingerprint density at radius 1 is 0.960 bits per heavy atom. The first-order chi connectivity index (χ1) is 12.0. The molecule has 0 aromatic carbocycles. The highest BCUT2D eigenvalue weighted by Gasteiger charge is 2.54. The van der Waals surface area contributed by atoms with Crippen LogP contribution in [-0.4, -0.2) is 48.9 Å². The second kappa shape index (κ2) is 6.61. The number of nitrogens with one attached hydrogen (secondary N) is 1. The van der Waals surface area contributed by atoms with Crippen molar-refractivity contribution in [3.05, 3.63) is 0 Å². The standard InChI is InChI=1S/C19H28N2O4/c22-16(21-3-1-2-4-21)12-25-17(23)11-20-18(24)19-8-13-5-14(9-19)7-15(6-13)10-19/h13-15H,1-12H2,(H,20,24). The van der Waals surface area contributed by atoms with Crippen molar-refractivity contribution in [2.75, 3.05) is 26.2 Å². The SMILES string of the molecule is O=C(CNC(=O)C12CC3CC(CC(C3)C1)C2)OCC(=O)N1CCCC1. The van der Waals surface area contributed by atoms with Gasteiger partial charge in [-0.25, -0.2) is 0 Å². The van der Waals surface area contributed by atoms with Crippen molar-refractivity contribution in [3.8, 4) is 0 Å². The molecule has 0 unspecified atom stereocenters. The van der Waals surface area contributed by atoms with E-state index in [1.165, 1.54) is 19.3 Å². The lowest BCUT2D eigenvalue weighted by atomic mass is 9.49. The molecule has 4 aliphatic carbocycles. The van der Waals surface area contributed by atoms with Gasteiger partial charge in [0.25, 0.3) is 5.91 Å². The number of ether oxygens (including phenoxy) is 1. The molecule has 4 saturated carbocycles. The minimum Gasteiger partial charge on any atom is -0.454 e. The summed E-state index contributed by atoms with van der Waals surface area (Å²) in [6.07, 6.45) is 8.82. The third-order valence-electron chi connectivity index (χ3n) is 6.73. The number of carbonyl (C=O) groups excluding carboxylic acids is 3. The van der Waals surface area contributed by atoms with Crippen LogP contribution in [0.2, 0.25) is 0 Å². The van der Waals surface area contributed by atoms with Gasteiger partial charge >= 0.3 is 5.97 Å². The Labute approximate surface area is 148 Å². The van der Waals surface area contributed by atoms with Crippen LogP contribution in [-0.2, 0) is 19.1 Å². The topological polar surface area (TPSA) is 75.7 Å². The van der Waals surface area contributed by atoms with Crippen LogP contribution in [0.15, 0.2) is 0 Å². The predicted octanol–water partition coefficient (Wildman–Crippen LogP) is 1.48. The lowest BCUT2D eigenvalue weighted by Gasteiger charge is -2.55. The maximum atomic E-state index is 12.8. The summed E-state index contributed by atoms with van der Waals surface area (Å²) in [6, 6.07) is 0. The molecular weight excluding hydrogens is 320 g/mol. The Morgan fingerprint density at radius 2 is 1.52 bits per heavy atom. The lowest BCUT2D eigenvalue weighted by Crippen LogP contribution is -2.54. The van der Waals surface area contributed by atoms with Crippen LogP contribution in [0.4, 0.5) is 0 Å². The van der Waals surface area contributed by atoms with Gasteiger partial charge in [0.15, 0.2) is 6.61 Å². The molecule has 5 rings (SSSR count). The molecule has 6 nitrogen and oxygen atoms in total. The van der Waals surface area contributed by atoms with Crippen LogP contribution in [0.5, 0.6) is 0 Å². The van der Waals surface area contributed by atoms with Crippen LogP contribution in [0.1, 0.15) is 51.4 Å². The van der Waals surface area contributed by atoms with E-state index in [4.69, 9.17) is 4.74 Å². The zero-order chi connectivity index (χ0) is 17.4. The van der Waals surface area contributed by atoms with Crippen molar-refractivity contribution in [2.24, 2.45) is 23.2 Å². The fraction of sp³-hybridized carbons (Fsp3) is 0.842. The zero-order valence-corrected chi connectivity index (χ0v) is 14.8. The first-order valence-corrected chi connectivity index (χ1v) is 9.76. The normalized spacial score (nSPS) is 35.7. The highest BCUT2D eigenvalue weighted by Crippen LogP contribution is 2.60. The fourth-order valence-corrected chi connectivity index (χ4v) is 5.98. The summed E-state index contributed by atoms with van der Waals surface area (Å²) in [7, 11) is 0. The van der Waals surface area contributed by atoms with Crippen LogP contribution >= 0.6 is 0 Å². The molecule has 1 aliphatic heterocycles. The summed E-state index contributed by atoms with van der Waals surface area (Å²) < 4.78 is 5.04. The molecule has 0 spiro atoms. The molecule has 1 saturated heterocycles. The third-order valence-corrected chi connectivity index (χ3v) is 6.73. The molecule has 4 bridgehead atoms. The van der Waals surface area contributed by atoms with E-state index in [-0.39, 0.29) is 30.4 Å². The monoisotopic (exact) mass is 348 g/mol. The third kappa shape index (κ3) is 3.40. The molecule has 1 N–H and O–H groups in total. The van der Waals surface area contributed by atoms with Crippen LogP contribution < -0.4 is 5.32 Å². The Morgan fingerprint density at radius 3 is 2.08 bits per heavy atom. The van der Waals surface area contributed by atoms with Gasteiger partial charge in [0.2, 0.25) is 5.91 Å². The molecule has 138 valence electrons. The van der Waals surface area contributed by atoms with Gasteiger partial charge in [-0.05, 0) is 69.1 Å². The largest absolute Gasteiger partial charge is 0.454 e. The van der Waals surface area contributed by atoms with E-state index in [0.29, 0.717) is 17.8 Å². The molecule has 0 radical (unpaired) electrons. The van der Waals surface area contributed by atoms with Gasteiger partial charge in [-0.2, -0.15) is 0 Å². The van der Waals surface area contributed by atoms with Gasteiger partial charge in [0.1, 0.15) is 6.54 Å². The van der Waals surface area contributed by atoms with Crippen LogP contribution in [0.25, 0.3) is 0 Å². The summed E-state index contributed by atoms with van der Waals surface area (Å²) in [5.74, 6) is 1.45. The van der Waals surface area contributed by atoms with Gasteiger partial charge in [-0.15, -0.1) is 0 Å². The van der Waals surface area contributed by atoms with E-state index in [1.807, 2.05) is 0 Å². The van der Waals surface area contributed by atoms with Crippen molar-refractivity contribution in [1.29, 1.82) is 0 Å². The van der Waals surface area contributed by atoms with E-state index < -0.39 is 5.97 Å². The number of nitrogens with zero attached hydrogens (tertiary/aromatic N) is 1. The van der Waals surface area contributed by atoms with Crippen molar-refractivity contribution in [3.63, 3.8) is 0 Å². The smallest absolute Gasteiger partial charge is 0.325 e. The Balaban J connectivity index is 1.23. The molecule has 1 heterocycles. The van der Waals surface area contributed by atoms with Gasteiger partial charge in [-0.3, -0.25) is 14.4 Å². The molecular formula is C19H28N2O4. The minimum atomic E-state index is -0.523. The lowest BCUT2D eigenvalue weighted by molar-refractivity contribution is -0.154. The maximum Gasteiger partial charge on any atom is 0.325 e. The minimum absolute atomic E-state index is 0.0226. The van der Waals surface area contributed by atoms with Gasteiger partial charge in [0, 0.05) is 18.5 Å². The summed E-state index contributed by atoms with van der Waals surface area (Å²) in [6.45, 7) is 1.15. The maximum absolute atomic E-state index is 12.8. The summed E-state index contributed by atoms with van der Waals surface area (Å²) in [5, 5.41) is 2.79. The number of hydrogen-bond donors (Lipinski definition) is 1. The molecule has 25 heavy (non-hydrogen) atoms. The van der Waals surface area contributed by atoms with Crippen molar-refractivity contribution in [2.45, 2.75) is 51.4 Å². The average Bonchev–Trinajstić information content (AvgIpc) is 3.11. The number of hydrogen-bond acceptors (Lipinski definition) is 4. The Hall–Kier alpha value is -1.59. The van der Waals surface area contributed by atoms with Crippen molar-refractivity contribution >= 4 is 17.8 Å². The summed E-state index contributed by atoms with van der Waals surface area (Å²) in [5.41, 5.74) is -0.250. The van der Waals surface area contributed by atoms with Crippen molar-refractivity contribution < 1.29 is 19.1 Å². The second-order valence-electron chi connectivity index (χ2n) is 8.63. The van der Waals surface area contributed by atoms with E-state index in [2.05, 4.69) is 5.32 Å². The zero-order valence-electron chi connectivity index (χ0n) is 14.8. The quantitative estimate of drug-likeness (QED) is 0.764. The first-order valence-electron chi connectivity index (χ1n) is 9.76. The fourth-order valence-electron chi connectivity index (χ4n) is 5.98. The van der Waals surface area contributed by atoms with Crippen LogP contribution in [0, 0.1) is 23.2 Å². The average molecular weight is 348 g/mol. The molecule has 5 aliphatic rings.